The number of benzene rings is 2. The zero-order valence-corrected chi connectivity index (χ0v) is 14.5. The number of rotatable bonds is 5. The number of amides is 1. The molecule has 1 atom stereocenters. The lowest BCUT2D eigenvalue weighted by Crippen LogP contribution is -2.23. The summed E-state index contributed by atoms with van der Waals surface area (Å²) in [6.07, 6.45) is 3.32. The van der Waals surface area contributed by atoms with Gasteiger partial charge in [-0.2, -0.15) is 0 Å². The first kappa shape index (κ1) is 16.5. The van der Waals surface area contributed by atoms with Crippen molar-refractivity contribution in [2.24, 2.45) is 0 Å². The van der Waals surface area contributed by atoms with Gasteiger partial charge in [-0.1, -0.05) is 41.1 Å². The minimum atomic E-state index is -0.297. The van der Waals surface area contributed by atoms with Crippen LogP contribution in [0.4, 0.5) is 5.69 Å². The summed E-state index contributed by atoms with van der Waals surface area (Å²) in [5, 5.41) is 11.1. The van der Waals surface area contributed by atoms with Crippen LogP contribution in [0, 0.1) is 0 Å². The highest BCUT2D eigenvalue weighted by Crippen LogP contribution is 2.30. The monoisotopic (exact) mass is 358 g/mol. The number of hydrogen-bond acceptors (Lipinski definition) is 4. The highest BCUT2D eigenvalue weighted by atomic mass is 35.5. The molecule has 0 aliphatic rings. The van der Waals surface area contributed by atoms with Crippen molar-refractivity contribution in [2.45, 2.75) is 17.1 Å². The summed E-state index contributed by atoms with van der Waals surface area (Å²) >= 11 is 7.58. The van der Waals surface area contributed by atoms with Gasteiger partial charge in [-0.25, -0.2) is 4.68 Å². The van der Waals surface area contributed by atoms with E-state index in [9.17, 15) is 4.79 Å². The van der Waals surface area contributed by atoms with Crippen LogP contribution >= 0.6 is 23.4 Å². The van der Waals surface area contributed by atoms with Crippen molar-refractivity contribution in [3.05, 3.63) is 65.9 Å². The van der Waals surface area contributed by atoms with Gasteiger partial charge in [0.1, 0.15) is 0 Å². The second-order valence-corrected chi connectivity index (χ2v) is 6.83. The van der Waals surface area contributed by atoms with E-state index in [0.717, 1.165) is 10.6 Å². The number of aromatic nitrogens is 3. The van der Waals surface area contributed by atoms with Crippen molar-refractivity contribution >= 4 is 35.0 Å². The SMILES string of the molecule is CC(Sc1ccccc1Cl)C(=O)Nc1ccccc1-n1ccnn1. The number of hydrogen-bond donors (Lipinski definition) is 1. The largest absolute Gasteiger partial charge is 0.323 e. The highest BCUT2D eigenvalue weighted by molar-refractivity contribution is 8.00. The molecule has 1 amide bonds. The molecule has 0 saturated heterocycles. The fourth-order valence-corrected chi connectivity index (χ4v) is 3.29. The molecule has 0 saturated carbocycles. The molecule has 0 radical (unpaired) electrons. The molecule has 7 heteroatoms. The van der Waals surface area contributed by atoms with Crippen molar-refractivity contribution in [1.29, 1.82) is 0 Å². The predicted octanol–water partition coefficient (Wildman–Crippen LogP) is 4.04. The minimum Gasteiger partial charge on any atom is -0.323 e. The Morgan fingerprint density at radius 2 is 1.96 bits per heavy atom. The Labute approximate surface area is 149 Å². The fourth-order valence-electron chi connectivity index (χ4n) is 2.13. The standard InChI is InChI=1S/C17H15ClN4OS/c1-12(24-16-9-5-2-6-13(16)18)17(23)20-14-7-3-4-8-15(14)22-11-10-19-21-22/h2-12H,1H3,(H,20,23). The number of halogens is 1. The molecule has 0 fully saturated rings. The minimum absolute atomic E-state index is 0.104. The third-order valence-corrected chi connectivity index (χ3v) is 4.96. The molecular weight excluding hydrogens is 344 g/mol. The Hall–Kier alpha value is -2.31. The molecule has 3 aromatic rings. The number of para-hydroxylation sites is 2. The molecule has 1 unspecified atom stereocenters. The Morgan fingerprint density at radius 3 is 2.71 bits per heavy atom. The lowest BCUT2D eigenvalue weighted by atomic mass is 10.2. The van der Waals surface area contributed by atoms with Gasteiger partial charge >= 0.3 is 0 Å². The topological polar surface area (TPSA) is 59.8 Å². The quantitative estimate of drug-likeness (QED) is 0.699. The Bertz CT molecular complexity index is 838. The van der Waals surface area contributed by atoms with Crippen LogP contribution in [0.5, 0.6) is 0 Å². The van der Waals surface area contributed by atoms with Crippen LogP contribution in [-0.2, 0) is 4.79 Å². The van der Waals surface area contributed by atoms with Gasteiger partial charge in [-0.3, -0.25) is 4.79 Å². The summed E-state index contributed by atoms with van der Waals surface area (Å²) in [4.78, 5) is 13.4. The molecule has 1 aromatic heterocycles. The van der Waals surface area contributed by atoms with Crippen molar-refractivity contribution in [2.75, 3.05) is 5.32 Å². The normalized spacial score (nSPS) is 11.9. The predicted molar refractivity (Wildman–Crippen MR) is 96.8 cm³/mol. The smallest absolute Gasteiger partial charge is 0.237 e. The third kappa shape index (κ3) is 3.77. The Balaban J connectivity index is 1.75. The second-order valence-electron chi connectivity index (χ2n) is 5.04. The van der Waals surface area contributed by atoms with Crippen LogP contribution in [0.2, 0.25) is 5.02 Å². The van der Waals surface area contributed by atoms with E-state index < -0.39 is 0 Å². The van der Waals surface area contributed by atoms with Crippen LogP contribution in [0.15, 0.2) is 65.8 Å². The van der Waals surface area contributed by atoms with Crippen LogP contribution in [0.3, 0.4) is 0 Å². The van der Waals surface area contributed by atoms with Crippen LogP contribution in [0.1, 0.15) is 6.92 Å². The van der Waals surface area contributed by atoms with E-state index in [4.69, 9.17) is 11.6 Å². The van der Waals surface area contributed by atoms with Crippen LogP contribution in [0.25, 0.3) is 5.69 Å². The first-order valence-corrected chi connectivity index (χ1v) is 8.58. The molecule has 0 aliphatic heterocycles. The average Bonchev–Trinajstić information content (AvgIpc) is 3.11. The molecular formula is C17H15ClN4OS. The number of nitrogens with one attached hydrogen (secondary N) is 1. The molecule has 3 rings (SSSR count). The molecule has 24 heavy (non-hydrogen) atoms. The van der Waals surface area contributed by atoms with Gasteiger partial charge in [-0.05, 0) is 31.2 Å². The van der Waals surface area contributed by atoms with Gasteiger partial charge in [0.2, 0.25) is 5.91 Å². The van der Waals surface area contributed by atoms with Gasteiger partial charge in [0.25, 0.3) is 0 Å². The van der Waals surface area contributed by atoms with E-state index >= 15 is 0 Å². The summed E-state index contributed by atoms with van der Waals surface area (Å²) in [6, 6.07) is 14.9. The van der Waals surface area contributed by atoms with Gasteiger partial charge in [0, 0.05) is 4.90 Å². The Kier molecular flexibility index (Phi) is 5.17. The second kappa shape index (κ2) is 7.51. The lowest BCUT2D eigenvalue weighted by molar-refractivity contribution is -0.115. The summed E-state index contributed by atoms with van der Waals surface area (Å²) < 4.78 is 1.61. The van der Waals surface area contributed by atoms with Crippen LogP contribution < -0.4 is 5.32 Å². The maximum atomic E-state index is 12.5. The van der Waals surface area contributed by atoms with E-state index in [2.05, 4.69) is 15.6 Å². The molecule has 1 N–H and O–H groups in total. The zero-order chi connectivity index (χ0) is 16.9. The first-order valence-electron chi connectivity index (χ1n) is 7.33. The number of nitrogens with zero attached hydrogens (tertiary/aromatic N) is 3. The van der Waals surface area contributed by atoms with Gasteiger partial charge in [0.05, 0.1) is 34.0 Å². The molecule has 122 valence electrons. The van der Waals surface area contributed by atoms with Crippen molar-refractivity contribution in [3.8, 4) is 5.69 Å². The highest BCUT2D eigenvalue weighted by Gasteiger charge is 2.17. The molecule has 5 nitrogen and oxygen atoms in total. The first-order chi connectivity index (χ1) is 11.6. The van der Waals surface area contributed by atoms with E-state index in [1.165, 1.54) is 11.8 Å². The molecule has 0 spiro atoms. The summed E-state index contributed by atoms with van der Waals surface area (Å²) in [6.45, 7) is 1.85. The molecule has 2 aromatic carbocycles. The van der Waals surface area contributed by atoms with Gasteiger partial charge in [-0.15, -0.1) is 16.9 Å². The lowest BCUT2D eigenvalue weighted by Gasteiger charge is -2.15. The third-order valence-electron chi connectivity index (χ3n) is 3.34. The fraction of sp³-hybridized carbons (Fsp3) is 0.118. The van der Waals surface area contributed by atoms with Crippen molar-refractivity contribution in [1.82, 2.24) is 15.0 Å². The summed E-state index contributed by atoms with van der Waals surface area (Å²) in [5.74, 6) is -0.104. The van der Waals surface area contributed by atoms with Gasteiger partial charge in [0.15, 0.2) is 0 Å². The van der Waals surface area contributed by atoms with E-state index in [1.54, 1.807) is 17.1 Å². The van der Waals surface area contributed by atoms with E-state index in [0.29, 0.717) is 10.7 Å². The maximum Gasteiger partial charge on any atom is 0.237 e. The average molecular weight is 359 g/mol. The van der Waals surface area contributed by atoms with Crippen LogP contribution in [-0.4, -0.2) is 26.2 Å². The molecule has 1 heterocycles. The van der Waals surface area contributed by atoms with Crippen molar-refractivity contribution < 1.29 is 4.79 Å². The van der Waals surface area contributed by atoms with Crippen molar-refractivity contribution in [3.63, 3.8) is 0 Å². The van der Waals surface area contributed by atoms with E-state index in [-0.39, 0.29) is 11.2 Å². The Morgan fingerprint density at radius 1 is 1.21 bits per heavy atom. The number of carbonyl (C=O) groups is 1. The van der Waals surface area contributed by atoms with Gasteiger partial charge < -0.3 is 5.32 Å². The number of thioether (sulfide) groups is 1. The molecule has 0 aliphatic carbocycles. The summed E-state index contributed by atoms with van der Waals surface area (Å²) in [5.41, 5.74) is 1.44. The maximum absolute atomic E-state index is 12.5. The summed E-state index contributed by atoms with van der Waals surface area (Å²) in [7, 11) is 0. The number of carbonyl (C=O) groups excluding carboxylic acids is 1. The van der Waals surface area contributed by atoms with E-state index in [1.807, 2.05) is 55.5 Å². The zero-order valence-electron chi connectivity index (χ0n) is 12.9. The molecule has 0 bridgehead atoms. The number of anilines is 1.